The van der Waals surface area contributed by atoms with Crippen LogP contribution in [-0.2, 0) is 39.7 Å². The molecule has 4 aliphatic heterocycles. The number of urea groups is 2. The Morgan fingerprint density at radius 3 is 1.20 bits per heavy atom. The molecule has 0 spiro atoms. The number of nitrogens with one attached hydrogen (secondary N) is 4. The first-order valence-electron chi connectivity index (χ1n) is 28.5. The lowest BCUT2D eigenvalue weighted by Crippen LogP contribution is -2.61. The quantitative estimate of drug-likeness (QED) is 0.0749. The second-order valence-electron chi connectivity index (χ2n) is 25.8. The number of benzene rings is 2. The number of aliphatic hydroxyl groups is 2. The van der Waals surface area contributed by atoms with Crippen molar-refractivity contribution in [2.45, 2.75) is 131 Å². The minimum Gasteiger partial charge on any atom is -0.433 e. The SMILES string of the molecule is CC(C)[C@@H](NC(=O)NCC(C)(C)C(COC(=O)OCC(N1CCOCC1)C(C)(C)CNC(=O)N[C@@H](C(=O)N1CC[C@](O)(c2ccc(Cl)cc2)C(C)(C)C1)C(C)C)N1CCOCC1)C(=O)N1CC[C@](O)(c2ccc(Cl)cc2)C(C)(C)C1. The predicted molar refractivity (Wildman–Crippen MR) is 308 cm³/mol. The Labute approximate surface area is 484 Å². The molecule has 0 bridgehead atoms. The second kappa shape index (κ2) is 26.8. The molecule has 19 nitrogen and oxygen atoms in total. The number of morpholine rings is 2. The Bertz CT molecular complexity index is 2250. The highest BCUT2D eigenvalue weighted by atomic mass is 35.5. The normalized spacial score (nSPS) is 23.6. The second-order valence-corrected chi connectivity index (χ2v) is 26.7. The monoisotopic (exact) mass is 1160 g/mol. The molecule has 21 heteroatoms. The molecule has 6 N–H and O–H groups in total. The maximum Gasteiger partial charge on any atom is 0.508 e. The summed E-state index contributed by atoms with van der Waals surface area (Å²) < 4.78 is 23.2. The number of hydrogen-bond acceptors (Lipinski definition) is 13. The molecule has 0 saturated carbocycles. The topological polar surface area (TPSA) is 224 Å². The van der Waals surface area contributed by atoms with Gasteiger partial charge in [0.1, 0.15) is 25.3 Å². The van der Waals surface area contributed by atoms with Gasteiger partial charge in [-0.3, -0.25) is 19.4 Å². The molecule has 448 valence electrons. The lowest BCUT2D eigenvalue weighted by Gasteiger charge is -2.51. The number of likely N-dealkylation sites (tertiary alicyclic amines) is 2. The van der Waals surface area contributed by atoms with Crippen LogP contribution in [0.4, 0.5) is 14.4 Å². The third-order valence-corrected chi connectivity index (χ3v) is 18.0. The van der Waals surface area contributed by atoms with Crippen LogP contribution in [0.2, 0.25) is 10.0 Å². The Hall–Kier alpha value is -4.47. The zero-order chi connectivity index (χ0) is 59.0. The van der Waals surface area contributed by atoms with Gasteiger partial charge in [0.15, 0.2) is 0 Å². The van der Waals surface area contributed by atoms with Gasteiger partial charge in [0.05, 0.1) is 49.7 Å². The van der Waals surface area contributed by atoms with Gasteiger partial charge in [-0.15, -0.1) is 0 Å². The van der Waals surface area contributed by atoms with Crippen molar-refractivity contribution in [3.8, 4) is 0 Å². The molecular weight excluding hydrogens is 1070 g/mol. The smallest absolute Gasteiger partial charge is 0.433 e. The summed E-state index contributed by atoms with van der Waals surface area (Å²) in [5, 5.41) is 36.9. The van der Waals surface area contributed by atoms with Gasteiger partial charge in [-0.2, -0.15) is 0 Å². The van der Waals surface area contributed by atoms with Gasteiger partial charge in [-0.05, 0) is 60.1 Å². The molecule has 6 rings (SSSR count). The molecule has 4 saturated heterocycles. The van der Waals surface area contributed by atoms with Crippen molar-refractivity contribution < 1.29 is 53.1 Å². The van der Waals surface area contributed by atoms with Gasteiger partial charge >= 0.3 is 18.2 Å². The fourth-order valence-corrected chi connectivity index (χ4v) is 12.2. The number of rotatable bonds is 20. The van der Waals surface area contributed by atoms with Crippen molar-refractivity contribution in [1.82, 2.24) is 40.9 Å². The first-order valence-corrected chi connectivity index (χ1v) is 29.2. The summed E-state index contributed by atoms with van der Waals surface area (Å²) >= 11 is 12.3. The summed E-state index contributed by atoms with van der Waals surface area (Å²) in [7, 11) is 0. The molecule has 2 unspecified atom stereocenters. The first kappa shape index (κ1) is 64.7. The Morgan fingerprint density at radius 2 is 0.900 bits per heavy atom. The van der Waals surface area contributed by atoms with Crippen molar-refractivity contribution in [1.29, 1.82) is 0 Å². The minimum absolute atomic E-state index is 0.0451. The number of halogens is 2. The molecular formula is C59H92Cl2N8O11. The molecule has 4 heterocycles. The number of hydrogen-bond donors (Lipinski definition) is 6. The molecule has 4 fully saturated rings. The highest BCUT2D eigenvalue weighted by Gasteiger charge is 2.52. The van der Waals surface area contributed by atoms with Crippen molar-refractivity contribution in [2.24, 2.45) is 33.5 Å². The lowest BCUT2D eigenvalue weighted by atomic mass is 9.66. The number of carbonyl (C=O) groups excluding carboxylic acids is 5. The van der Waals surface area contributed by atoms with Gasteiger partial charge in [0, 0.05) is 97.2 Å². The van der Waals surface area contributed by atoms with Crippen LogP contribution in [0.15, 0.2) is 48.5 Å². The zero-order valence-electron chi connectivity index (χ0n) is 49.4. The molecule has 0 aromatic heterocycles. The largest absolute Gasteiger partial charge is 0.508 e. The van der Waals surface area contributed by atoms with E-state index in [1.807, 2.05) is 107 Å². The predicted octanol–water partition coefficient (Wildman–Crippen LogP) is 6.84. The average molecular weight is 1160 g/mol. The van der Waals surface area contributed by atoms with Crippen LogP contribution >= 0.6 is 23.2 Å². The molecule has 2 aromatic carbocycles. The Morgan fingerprint density at radius 1 is 0.575 bits per heavy atom. The van der Waals surface area contributed by atoms with E-state index in [0.717, 1.165) is 11.1 Å². The van der Waals surface area contributed by atoms with E-state index >= 15 is 0 Å². The standard InChI is InChI=1S/C59H92Cl2N8O11/c1-39(2)47(49(70)68-23-21-58(75,56(9,10)37-68)41-13-17-43(60)18-14-41)64-51(72)62-35-54(5,6)45(66-25-29-77-30-26-66)33-79-53(74)80-34-46(67-27-31-78-32-28-67)55(7,8)36-63-52(73)65-48(40(3)4)50(71)69-24-22-59(76,57(11,12)38-69)42-15-19-44(61)20-16-42/h13-20,39-40,45-48,75-76H,21-38H2,1-12H3,(H2,62,64,72)(H2,63,65,73)/t45?,46?,47-,48-,58+,59+/m1/s1. The molecule has 0 radical (unpaired) electrons. The molecule has 6 amide bonds. The van der Waals surface area contributed by atoms with Crippen LogP contribution < -0.4 is 21.3 Å². The van der Waals surface area contributed by atoms with Gasteiger partial charge in [-0.1, -0.05) is 131 Å². The maximum atomic E-state index is 14.2. The van der Waals surface area contributed by atoms with Crippen molar-refractivity contribution in [3.05, 3.63) is 69.7 Å². The van der Waals surface area contributed by atoms with Gasteiger partial charge in [0.25, 0.3) is 0 Å². The lowest BCUT2D eigenvalue weighted by molar-refractivity contribution is -0.156. The van der Waals surface area contributed by atoms with Crippen LogP contribution in [0, 0.1) is 33.5 Å². The summed E-state index contributed by atoms with van der Waals surface area (Å²) in [4.78, 5) is 77.3. The van der Waals surface area contributed by atoms with Gasteiger partial charge in [0.2, 0.25) is 11.8 Å². The highest BCUT2D eigenvalue weighted by molar-refractivity contribution is 6.30. The zero-order valence-corrected chi connectivity index (χ0v) is 50.9. The number of amides is 6. The van der Waals surface area contributed by atoms with Crippen LogP contribution in [0.1, 0.15) is 107 Å². The average Bonchev–Trinajstić information content (AvgIpc) is 3.45. The molecule has 0 aliphatic carbocycles. The maximum absolute atomic E-state index is 14.2. The van der Waals surface area contributed by atoms with Gasteiger partial charge in [-0.25, -0.2) is 14.4 Å². The fourth-order valence-electron chi connectivity index (χ4n) is 12.0. The van der Waals surface area contributed by atoms with Crippen LogP contribution in [-0.4, -0.2) is 189 Å². The Kier molecular flexibility index (Phi) is 21.7. The number of carbonyl (C=O) groups is 5. The van der Waals surface area contributed by atoms with Crippen molar-refractivity contribution >= 4 is 53.2 Å². The van der Waals surface area contributed by atoms with Crippen molar-refractivity contribution in [3.63, 3.8) is 0 Å². The Balaban J connectivity index is 1.03. The van der Waals surface area contributed by atoms with Crippen LogP contribution in [0.25, 0.3) is 0 Å². The molecule has 6 atom stereocenters. The number of ether oxygens (including phenoxy) is 4. The molecule has 80 heavy (non-hydrogen) atoms. The third kappa shape index (κ3) is 15.6. The summed E-state index contributed by atoms with van der Waals surface area (Å²) in [6.45, 7) is 28.9. The summed E-state index contributed by atoms with van der Waals surface area (Å²) in [6.07, 6.45) is -0.235. The minimum atomic E-state index is -1.19. The van der Waals surface area contributed by atoms with Crippen LogP contribution in [0.5, 0.6) is 0 Å². The van der Waals surface area contributed by atoms with E-state index in [1.54, 1.807) is 34.1 Å². The third-order valence-electron chi connectivity index (χ3n) is 17.5. The summed E-state index contributed by atoms with van der Waals surface area (Å²) in [6, 6.07) is 10.9. The van der Waals surface area contributed by atoms with E-state index in [2.05, 4.69) is 31.1 Å². The summed E-state index contributed by atoms with van der Waals surface area (Å²) in [5.74, 6) is -0.932. The van der Waals surface area contributed by atoms with Gasteiger partial charge < -0.3 is 60.2 Å². The van der Waals surface area contributed by atoms with E-state index in [0.29, 0.717) is 88.6 Å². The summed E-state index contributed by atoms with van der Waals surface area (Å²) in [5.41, 5.74) is -3.64. The number of nitrogens with zero attached hydrogens (tertiary/aromatic N) is 4. The highest BCUT2D eigenvalue weighted by Crippen LogP contribution is 2.48. The van der Waals surface area contributed by atoms with E-state index in [4.69, 9.17) is 42.1 Å². The fraction of sp³-hybridized carbons (Fsp3) is 0.712. The first-order chi connectivity index (χ1) is 37.4. The van der Waals surface area contributed by atoms with E-state index in [9.17, 15) is 34.2 Å². The number of piperidine rings is 2. The molecule has 4 aliphatic rings. The molecule has 2 aromatic rings. The van der Waals surface area contributed by atoms with E-state index < -0.39 is 63.2 Å². The van der Waals surface area contributed by atoms with Crippen LogP contribution in [0.3, 0.4) is 0 Å². The van der Waals surface area contributed by atoms with E-state index in [-0.39, 0.29) is 75.1 Å². The van der Waals surface area contributed by atoms with Crippen molar-refractivity contribution in [2.75, 3.05) is 105 Å². The van der Waals surface area contributed by atoms with E-state index in [1.165, 1.54) is 0 Å².